The van der Waals surface area contributed by atoms with Gasteiger partial charge < -0.3 is 39.6 Å². The van der Waals surface area contributed by atoms with Crippen molar-refractivity contribution in [3.05, 3.63) is 120 Å². The Kier molecular flexibility index (Phi) is 22.3. The first-order valence-electron chi connectivity index (χ1n) is 17.2. The summed E-state index contributed by atoms with van der Waals surface area (Å²) in [5.41, 5.74) is 4.50. The van der Waals surface area contributed by atoms with Crippen molar-refractivity contribution in [3.8, 4) is 11.5 Å². The van der Waals surface area contributed by atoms with E-state index in [9.17, 15) is 9.59 Å². The van der Waals surface area contributed by atoms with Crippen molar-refractivity contribution in [2.45, 2.75) is 51.6 Å². The van der Waals surface area contributed by atoms with Gasteiger partial charge in [0.2, 0.25) is 5.91 Å². The van der Waals surface area contributed by atoms with Gasteiger partial charge in [0.05, 0.1) is 14.2 Å². The molecule has 0 atom stereocenters. The summed E-state index contributed by atoms with van der Waals surface area (Å²) in [6.07, 6.45) is 20.9. The van der Waals surface area contributed by atoms with Gasteiger partial charge in [-0.2, -0.15) is 0 Å². The number of aromatic nitrogens is 2. The van der Waals surface area contributed by atoms with Crippen LogP contribution in [0.4, 0.5) is 0 Å². The molecule has 1 N–H and O–H groups in total. The second-order valence-electron chi connectivity index (χ2n) is 11.8. The SMILES string of the molecule is COc1ccc(/C=C/c2cc[n+](CCCC(=O)CCCSSCCNC(=O)CCC[n+]3ccc(/C=C/c4ccc(OC)cc4)cc3)cc2)cc1.[Cl-].[Cl-]. The van der Waals surface area contributed by atoms with E-state index in [0.717, 1.165) is 77.6 Å². The van der Waals surface area contributed by atoms with E-state index >= 15 is 0 Å². The van der Waals surface area contributed by atoms with Crippen molar-refractivity contribution < 1.29 is 53.0 Å². The standard InChI is InChI=1S/C41H48N3O4S2.2ClH/c1-47-39-17-13-34(14-18-39)9-11-36-21-28-43(29-22-36)26-3-6-38(45)7-5-32-49-50-33-25-42-41(46)8-4-27-44-30-23-37(24-31-44)12-10-35-15-19-40(48-2)20-16-35;;/h9-24,28-31H,3-8,25-27,32-33H2,1-2H3;2*1H/q+1;;/p-1/b11-9+,12-10+;;. The van der Waals surface area contributed by atoms with E-state index in [4.69, 9.17) is 9.47 Å². The van der Waals surface area contributed by atoms with Gasteiger partial charge in [-0.25, -0.2) is 9.13 Å². The number of nitrogens with one attached hydrogen (secondary N) is 1. The first-order chi connectivity index (χ1) is 24.5. The largest absolute Gasteiger partial charge is 1.00 e. The lowest BCUT2D eigenvalue weighted by atomic mass is 10.1. The normalized spacial score (nSPS) is 10.8. The van der Waals surface area contributed by atoms with Crippen molar-refractivity contribution in [3.63, 3.8) is 0 Å². The highest BCUT2D eigenvalue weighted by atomic mass is 35.5. The van der Waals surface area contributed by atoms with E-state index in [-0.39, 0.29) is 30.7 Å². The van der Waals surface area contributed by atoms with Gasteiger partial charge in [0.1, 0.15) is 30.4 Å². The van der Waals surface area contributed by atoms with Crippen LogP contribution in [0.15, 0.2) is 97.6 Å². The van der Waals surface area contributed by atoms with Crippen molar-refractivity contribution in [2.24, 2.45) is 0 Å². The third-order valence-corrected chi connectivity index (χ3v) is 10.5. The number of methoxy groups -OCH3 is 2. The minimum atomic E-state index is 0. The number of pyridine rings is 2. The minimum absolute atomic E-state index is 0. The lowest BCUT2D eigenvalue weighted by molar-refractivity contribution is -0.697. The highest BCUT2D eigenvalue weighted by Gasteiger charge is 2.07. The molecular formula is C41H49Cl2N3O4S2. The Hall–Kier alpha value is -3.76. The maximum Gasteiger partial charge on any atom is 0.220 e. The lowest BCUT2D eigenvalue weighted by Gasteiger charge is -2.05. The molecule has 0 radical (unpaired) electrons. The van der Waals surface area contributed by atoms with E-state index < -0.39 is 0 Å². The number of carbonyl (C=O) groups excluding carboxylic acids is 2. The first kappa shape index (κ1) is 44.4. The molecule has 0 fully saturated rings. The molecule has 0 saturated heterocycles. The Morgan fingerprint density at radius 3 is 1.44 bits per heavy atom. The van der Waals surface area contributed by atoms with Gasteiger partial charge >= 0.3 is 0 Å². The second-order valence-corrected chi connectivity index (χ2v) is 14.5. The fourth-order valence-corrected chi connectivity index (χ4v) is 7.04. The zero-order chi connectivity index (χ0) is 35.2. The van der Waals surface area contributed by atoms with Crippen molar-refractivity contribution in [1.29, 1.82) is 0 Å². The van der Waals surface area contributed by atoms with Crippen LogP contribution in [0, 0.1) is 0 Å². The predicted molar refractivity (Wildman–Crippen MR) is 208 cm³/mol. The van der Waals surface area contributed by atoms with E-state index in [2.05, 4.69) is 87.8 Å². The molecule has 2 aromatic carbocycles. The zero-order valence-corrected chi connectivity index (χ0v) is 33.1. The molecule has 4 rings (SSSR count). The molecule has 2 aromatic heterocycles. The molecule has 0 bridgehead atoms. The summed E-state index contributed by atoms with van der Waals surface area (Å²) in [7, 11) is 6.87. The van der Waals surface area contributed by atoms with Crippen LogP contribution in [0.2, 0.25) is 0 Å². The smallest absolute Gasteiger partial charge is 0.220 e. The van der Waals surface area contributed by atoms with Crippen molar-refractivity contribution >= 4 is 57.6 Å². The third kappa shape index (κ3) is 17.6. The molecule has 0 spiro atoms. The molecule has 278 valence electrons. The number of rotatable bonds is 22. The summed E-state index contributed by atoms with van der Waals surface area (Å²) < 4.78 is 14.7. The first-order valence-corrected chi connectivity index (χ1v) is 19.6. The Labute approximate surface area is 329 Å². The average Bonchev–Trinajstić information content (AvgIpc) is 3.15. The fourth-order valence-electron chi connectivity index (χ4n) is 5.05. The molecule has 0 unspecified atom stereocenters. The summed E-state index contributed by atoms with van der Waals surface area (Å²) in [6, 6.07) is 24.3. The Bertz CT molecular complexity index is 1530. The molecule has 0 saturated carbocycles. The summed E-state index contributed by atoms with van der Waals surface area (Å²) >= 11 is 0. The van der Waals surface area contributed by atoms with E-state index in [1.165, 1.54) is 0 Å². The van der Waals surface area contributed by atoms with Crippen LogP contribution in [-0.4, -0.2) is 44.0 Å². The maximum absolute atomic E-state index is 12.3. The summed E-state index contributed by atoms with van der Waals surface area (Å²) in [4.78, 5) is 24.6. The number of nitrogens with zero attached hydrogens (tertiary/aromatic N) is 2. The number of aryl methyl sites for hydroxylation is 2. The molecule has 0 aliphatic heterocycles. The van der Waals surface area contributed by atoms with Crippen LogP contribution >= 0.6 is 21.6 Å². The molecule has 52 heavy (non-hydrogen) atoms. The van der Waals surface area contributed by atoms with Gasteiger partial charge in [0.25, 0.3) is 0 Å². The van der Waals surface area contributed by atoms with Gasteiger partial charge in [-0.05, 0) is 52.9 Å². The highest BCUT2D eigenvalue weighted by molar-refractivity contribution is 8.76. The Morgan fingerprint density at radius 1 is 0.577 bits per heavy atom. The number of hydrogen-bond donors (Lipinski definition) is 1. The topological polar surface area (TPSA) is 72.4 Å². The molecule has 0 aliphatic carbocycles. The molecule has 1 amide bonds. The van der Waals surface area contributed by atoms with Crippen LogP contribution < -0.4 is 48.7 Å². The number of amides is 1. The van der Waals surface area contributed by atoms with Gasteiger partial charge in [-0.1, -0.05) is 70.2 Å². The molecule has 7 nitrogen and oxygen atoms in total. The van der Waals surface area contributed by atoms with Crippen molar-refractivity contribution in [1.82, 2.24) is 5.32 Å². The minimum Gasteiger partial charge on any atom is -1.00 e. The molecule has 2 heterocycles. The van der Waals surface area contributed by atoms with Crippen LogP contribution in [0.1, 0.15) is 60.8 Å². The highest BCUT2D eigenvalue weighted by Crippen LogP contribution is 2.22. The Morgan fingerprint density at radius 2 is 0.981 bits per heavy atom. The Balaban J connectivity index is 0.00000468. The van der Waals surface area contributed by atoms with E-state index in [1.54, 1.807) is 35.8 Å². The van der Waals surface area contributed by atoms with Gasteiger partial charge in [-0.15, -0.1) is 0 Å². The van der Waals surface area contributed by atoms with E-state index in [0.29, 0.717) is 31.6 Å². The quantitative estimate of drug-likeness (QED) is 0.0746. The van der Waals surface area contributed by atoms with Crippen LogP contribution in [-0.2, 0) is 22.7 Å². The van der Waals surface area contributed by atoms with Crippen LogP contribution in [0.3, 0.4) is 0 Å². The van der Waals surface area contributed by atoms with E-state index in [1.807, 2.05) is 48.5 Å². The maximum atomic E-state index is 12.3. The van der Waals surface area contributed by atoms with Crippen molar-refractivity contribution in [2.75, 3.05) is 32.3 Å². The van der Waals surface area contributed by atoms with Gasteiger partial charge in [-0.3, -0.25) is 9.59 Å². The number of ether oxygens (including phenoxy) is 2. The summed E-state index contributed by atoms with van der Waals surface area (Å²) in [5.74, 6) is 3.93. The van der Waals surface area contributed by atoms with Crippen LogP contribution in [0.5, 0.6) is 11.5 Å². The van der Waals surface area contributed by atoms with Crippen LogP contribution in [0.25, 0.3) is 24.3 Å². The third-order valence-electron chi connectivity index (χ3n) is 7.97. The average molecular weight is 783 g/mol. The number of benzene rings is 2. The molecule has 0 aliphatic rings. The second kappa shape index (κ2) is 26.1. The molecular weight excluding hydrogens is 734 g/mol. The van der Waals surface area contributed by atoms with Gasteiger partial charge in [0.15, 0.2) is 24.8 Å². The summed E-state index contributed by atoms with van der Waals surface area (Å²) in [5, 5.41) is 3.02. The number of halogens is 2. The zero-order valence-electron chi connectivity index (χ0n) is 29.9. The summed E-state index contributed by atoms with van der Waals surface area (Å²) in [6.45, 7) is 2.30. The molecule has 4 aromatic rings. The monoisotopic (exact) mass is 781 g/mol. The fraction of sp³-hybridized carbons (Fsp3) is 0.317. The molecule has 11 heteroatoms. The van der Waals surface area contributed by atoms with Gasteiger partial charge in [0, 0.05) is 74.4 Å². The number of carbonyl (C=O) groups is 2. The number of Topliss-reactive ketones (excluding diaryl/α,β-unsaturated/α-hetero) is 1. The lowest BCUT2D eigenvalue weighted by Crippen LogP contribution is -3.00. The number of hydrogen-bond acceptors (Lipinski definition) is 6. The predicted octanol–water partition coefficient (Wildman–Crippen LogP) is 1.74. The number of ketones is 1.